The molecular weight excluding hydrogens is 446 g/mol. The number of anilines is 1. The minimum atomic E-state index is -1.05. The summed E-state index contributed by atoms with van der Waals surface area (Å²) in [6.45, 7) is 2.39. The third kappa shape index (κ3) is 4.72. The zero-order valence-electron chi connectivity index (χ0n) is 18.2. The van der Waals surface area contributed by atoms with Crippen LogP contribution in [0.2, 0.25) is 5.02 Å². The number of likely N-dealkylation sites (tertiary alicyclic amines) is 1. The molecule has 1 amide bonds. The molecule has 4 rings (SSSR count). The molecule has 2 fully saturated rings. The lowest BCUT2D eigenvalue weighted by atomic mass is 10.1. The molecule has 0 bridgehead atoms. The van der Waals surface area contributed by atoms with Crippen LogP contribution in [0.3, 0.4) is 0 Å². The Hall–Kier alpha value is -3.34. The summed E-state index contributed by atoms with van der Waals surface area (Å²) in [7, 11) is 2.06. The van der Waals surface area contributed by atoms with Crippen LogP contribution in [0, 0.1) is 22.7 Å². The minimum Gasteiger partial charge on any atom is -0.465 e. The number of carboxylic acid groups (broad SMARTS) is 1. The fourth-order valence-corrected chi connectivity index (χ4v) is 4.64. The van der Waals surface area contributed by atoms with Crippen molar-refractivity contribution in [3.63, 3.8) is 0 Å². The van der Waals surface area contributed by atoms with Crippen LogP contribution in [0.4, 0.5) is 10.6 Å². The Bertz CT molecular complexity index is 1150. The molecule has 2 unspecified atom stereocenters. The van der Waals surface area contributed by atoms with Gasteiger partial charge in [-0.2, -0.15) is 20.5 Å². The topological polar surface area (TPSA) is 130 Å². The number of fused-ring (bicyclic) bond motifs is 1. The van der Waals surface area contributed by atoms with E-state index in [4.69, 9.17) is 16.3 Å². The van der Waals surface area contributed by atoms with E-state index >= 15 is 0 Å². The normalized spacial score (nSPS) is 21.1. The van der Waals surface area contributed by atoms with Gasteiger partial charge < -0.3 is 24.5 Å². The molecule has 0 spiro atoms. The lowest BCUT2D eigenvalue weighted by Crippen LogP contribution is -2.55. The first-order valence-corrected chi connectivity index (χ1v) is 11.1. The second-order valence-electron chi connectivity index (χ2n) is 8.32. The van der Waals surface area contributed by atoms with Gasteiger partial charge in [0.05, 0.1) is 34.6 Å². The minimum absolute atomic E-state index is 0.0679. The number of halogens is 1. The number of benzene rings is 1. The van der Waals surface area contributed by atoms with Crippen molar-refractivity contribution in [2.45, 2.75) is 31.3 Å². The standard InChI is InChI=1S/C22H24ClN7O3/c1-28-6-2-3-16(28)13-33-21-26-19-10-18(23)14(11-25)9-17(19)20(27-21)29-7-8-30(22(31)32)15(12-29)4-5-24/h9-10,15-16H,2-4,6-8,12-13H2,1H3,(H,31,32). The van der Waals surface area contributed by atoms with Crippen molar-refractivity contribution >= 4 is 34.4 Å². The summed E-state index contributed by atoms with van der Waals surface area (Å²) in [4.78, 5) is 26.2. The molecule has 3 heterocycles. The van der Waals surface area contributed by atoms with Crippen molar-refractivity contribution < 1.29 is 14.6 Å². The highest BCUT2D eigenvalue weighted by molar-refractivity contribution is 6.32. The summed E-state index contributed by atoms with van der Waals surface area (Å²) in [5.74, 6) is 0.538. The Labute approximate surface area is 196 Å². The van der Waals surface area contributed by atoms with Crippen LogP contribution in [0.5, 0.6) is 6.01 Å². The average Bonchev–Trinajstić information content (AvgIpc) is 3.21. The molecule has 172 valence electrons. The third-order valence-electron chi connectivity index (χ3n) is 6.30. The van der Waals surface area contributed by atoms with Crippen molar-refractivity contribution in [2.75, 3.05) is 44.7 Å². The number of amides is 1. The van der Waals surface area contributed by atoms with Gasteiger partial charge in [0.1, 0.15) is 18.5 Å². The van der Waals surface area contributed by atoms with E-state index in [9.17, 15) is 20.4 Å². The largest absolute Gasteiger partial charge is 0.465 e. The first-order valence-electron chi connectivity index (χ1n) is 10.8. The molecule has 10 nitrogen and oxygen atoms in total. The highest BCUT2D eigenvalue weighted by Crippen LogP contribution is 2.32. The lowest BCUT2D eigenvalue weighted by molar-refractivity contribution is 0.119. The van der Waals surface area contributed by atoms with Crippen LogP contribution >= 0.6 is 11.6 Å². The Kier molecular flexibility index (Phi) is 6.68. The van der Waals surface area contributed by atoms with Crippen molar-refractivity contribution in [3.05, 3.63) is 22.7 Å². The van der Waals surface area contributed by atoms with Gasteiger partial charge in [-0.25, -0.2) is 4.79 Å². The summed E-state index contributed by atoms with van der Waals surface area (Å²) in [5.41, 5.74) is 0.837. The Morgan fingerprint density at radius 2 is 2.09 bits per heavy atom. The molecule has 11 heteroatoms. The molecule has 2 atom stereocenters. The average molecular weight is 470 g/mol. The quantitative estimate of drug-likeness (QED) is 0.702. The van der Waals surface area contributed by atoms with Gasteiger partial charge >= 0.3 is 12.1 Å². The van der Waals surface area contributed by atoms with E-state index in [-0.39, 0.29) is 30.0 Å². The van der Waals surface area contributed by atoms with Gasteiger partial charge in [-0.15, -0.1) is 0 Å². The maximum atomic E-state index is 11.6. The van der Waals surface area contributed by atoms with Crippen LogP contribution in [-0.4, -0.2) is 82.9 Å². The number of nitrogens with zero attached hydrogens (tertiary/aromatic N) is 7. The smallest absolute Gasteiger partial charge is 0.407 e. The molecule has 2 aromatic rings. The molecule has 1 N–H and O–H groups in total. The van der Waals surface area contributed by atoms with Gasteiger partial charge in [-0.1, -0.05) is 11.6 Å². The van der Waals surface area contributed by atoms with Crippen molar-refractivity contribution in [2.24, 2.45) is 0 Å². The predicted octanol–water partition coefficient (Wildman–Crippen LogP) is 2.71. The molecular formula is C22H24ClN7O3. The van der Waals surface area contributed by atoms with Crippen molar-refractivity contribution in [1.82, 2.24) is 19.8 Å². The maximum Gasteiger partial charge on any atom is 0.407 e. The fourth-order valence-electron chi connectivity index (χ4n) is 4.44. The van der Waals surface area contributed by atoms with Gasteiger partial charge in [0.15, 0.2) is 0 Å². The van der Waals surface area contributed by atoms with E-state index in [0.717, 1.165) is 19.4 Å². The molecule has 0 saturated carbocycles. The molecule has 33 heavy (non-hydrogen) atoms. The first kappa shape index (κ1) is 22.8. The zero-order valence-corrected chi connectivity index (χ0v) is 19.0. The van der Waals surface area contributed by atoms with E-state index in [1.54, 1.807) is 12.1 Å². The van der Waals surface area contributed by atoms with Gasteiger partial charge in [0, 0.05) is 31.1 Å². The lowest BCUT2D eigenvalue weighted by Gasteiger charge is -2.39. The number of rotatable bonds is 5. The second-order valence-corrected chi connectivity index (χ2v) is 8.72. The van der Waals surface area contributed by atoms with Gasteiger partial charge in [-0.05, 0) is 38.6 Å². The van der Waals surface area contributed by atoms with Crippen LogP contribution in [0.15, 0.2) is 12.1 Å². The highest BCUT2D eigenvalue weighted by atomic mass is 35.5. The number of ether oxygens (including phenoxy) is 1. The van der Waals surface area contributed by atoms with Crippen molar-refractivity contribution in [3.8, 4) is 18.1 Å². The molecule has 0 radical (unpaired) electrons. The van der Waals surface area contributed by atoms with E-state index in [0.29, 0.717) is 42.0 Å². The summed E-state index contributed by atoms with van der Waals surface area (Å²) < 4.78 is 5.97. The molecule has 1 aromatic heterocycles. The number of aromatic nitrogens is 2. The summed E-state index contributed by atoms with van der Waals surface area (Å²) in [6, 6.07) is 7.41. The zero-order chi connectivity index (χ0) is 23.5. The second kappa shape index (κ2) is 9.65. The summed E-state index contributed by atoms with van der Waals surface area (Å²) in [5, 5.41) is 29.1. The summed E-state index contributed by atoms with van der Waals surface area (Å²) >= 11 is 6.26. The SMILES string of the molecule is CN1CCCC1COc1nc(N2CCN(C(=O)O)C(CC#N)C2)c2cc(C#N)c(Cl)cc2n1. The van der Waals surface area contributed by atoms with E-state index < -0.39 is 12.1 Å². The number of carbonyl (C=O) groups is 1. The van der Waals surface area contributed by atoms with Crippen LogP contribution in [0.25, 0.3) is 10.9 Å². The number of piperazine rings is 1. The van der Waals surface area contributed by atoms with E-state index in [1.807, 2.05) is 4.90 Å². The Balaban J connectivity index is 1.70. The highest BCUT2D eigenvalue weighted by Gasteiger charge is 2.32. The molecule has 2 aliphatic heterocycles. The maximum absolute atomic E-state index is 11.6. The molecule has 2 saturated heterocycles. The van der Waals surface area contributed by atoms with Crippen LogP contribution in [0.1, 0.15) is 24.8 Å². The molecule has 1 aromatic carbocycles. The number of hydrogen-bond donors (Lipinski definition) is 1. The number of nitriles is 2. The van der Waals surface area contributed by atoms with Crippen LogP contribution < -0.4 is 9.64 Å². The van der Waals surface area contributed by atoms with Crippen molar-refractivity contribution in [1.29, 1.82) is 10.5 Å². The van der Waals surface area contributed by atoms with Gasteiger partial charge in [0.2, 0.25) is 0 Å². The number of likely N-dealkylation sites (N-methyl/N-ethyl adjacent to an activating group) is 1. The first-order chi connectivity index (χ1) is 15.9. The van der Waals surface area contributed by atoms with Gasteiger partial charge in [-0.3, -0.25) is 0 Å². The Morgan fingerprint density at radius 1 is 1.27 bits per heavy atom. The Morgan fingerprint density at radius 3 is 2.76 bits per heavy atom. The van der Waals surface area contributed by atoms with E-state index in [1.165, 1.54) is 4.90 Å². The molecule has 2 aliphatic rings. The fraction of sp³-hybridized carbons (Fsp3) is 0.500. The van der Waals surface area contributed by atoms with Crippen LogP contribution in [-0.2, 0) is 0 Å². The predicted molar refractivity (Wildman–Crippen MR) is 121 cm³/mol. The molecule has 0 aliphatic carbocycles. The van der Waals surface area contributed by atoms with E-state index in [2.05, 4.69) is 34.1 Å². The monoisotopic (exact) mass is 469 g/mol. The third-order valence-corrected chi connectivity index (χ3v) is 6.61. The number of hydrogen-bond acceptors (Lipinski definition) is 8. The summed E-state index contributed by atoms with van der Waals surface area (Å²) in [6.07, 6.45) is 1.18. The van der Waals surface area contributed by atoms with Gasteiger partial charge in [0.25, 0.3) is 0 Å².